The number of aryl methyl sites for hydroxylation is 6. The SMILES string of the molecule is CCCC1(CC)OCCc2c1[nH]c1c(C(C)C)cc(Br)cc21.CCCC1(CC)OCCc2c1[nH]c1c(C(C)C)cc(CCC(=O)OCC)cc21.CCCC1(CC)OCCc2c1[nH]c1c(CC)c(Br)ccc21.CCCC1(CC)OCCc2c1[nH]c1c(CC)cc(Br)cc21.CCCC1(CC)OCCc2c1n(C)c1c(CC)cccc21.CCCC1(CC)OCCc2c1n(Cc1ccccc1)c1c(CC)cccc21. The van der Waals surface area contributed by atoms with Gasteiger partial charge in [0.1, 0.15) is 33.6 Å². The average molecular weight is 2100 g/mol. The quantitative estimate of drug-likeness (QED) is 0.0325. The van der Waals surface area contributed by atoms with Crippen LogP contribution in [0.2, 0.25) is 0 Å². The lowest BCUT2D eigenvalue weighted by Crippen LogP contribution is -2.37. The Morgan fingerprint density at radius 1 is 0.371 bits per heavy atom. The molecule has 758 valence electrons. The Morgan fingerprint density at radius 2 is 0.757 bits per heavy atom. The molecule has 140 heavy (non-hydrogen) atoms. The molecule has 0 saturated carbocycles. The van der Waals surface area contributed by atoms with Gasteiger partial charge in [0.2, 0.25) is 0 Å². The van der Waals surface area contributed by atoms with Gasteiger partial charge in [-0.15, -0.1) is 0 Å². The van der Waals surface area contributed by atoms with Gasteiger partial charge in [-0.2, -0.15) is 0 Å². The Kier molecular flexibility index (Phi) is 36.9. The van der Waals surface area contributed by atoms with Crippen molar-refractivity contribution in [2.75, 3.05) is 46.2 Å². The van der Waals surface area contributed by atoms with Crippen molar-refractivity contribution in [2.45, 2.75) is 390 Å². The fourth-order valence-electron chi connectivity index (χ4n) is 25.4. The van der Waals surface area contributed by atoms with Gasteiger partial charge in [0.05, 0.1) is 97.0 Å². The number of esters is 1. The number of carbonyl (C=O) groups is 1. The number of hydrogen-bond acceptors (Lipinski definition) is 8. The van der Waals surface area contributed by atoms with Crippen LogP contribution in [0.15, 0.2) is 129 Å². The van der Waals surface area contributed by atoms with Gasteiger partial charge in [-0.25, -0.2) is 0 Å². The van der Waals surface area contributed by atoms with E-state index in [1.165, 1.54) is 191 Å². The number of H-pyrrole nitrogens is 4. The number of benzene rings is 7. The van der Waals surface area contributed by atoms with Crippen molar-refractivity contribution in [2.24, 2.45) is 7.05 Å². The summed E-state index contributed by atoms with van der Waals surface area (Å²) >= 11 is 11.1. The van der Waals surface area contributed by atoms with Crippen molar-refractivity contribution in [3.8, 4) is 0 Å². The zero-order chi connectivity index (χ0) is 100. The van der Waals surface area contributed by atoms with Gasteiger partial charge in [-0.1, -0.05) is 304 Å². The zero-order valence-corrected chi connectivity index (χ0v) is 94.0. The normalized spacial score (nSPS) is 20.7. The molecule has 6 atom stereocenters. The number of nitrogens with zero attached hydrogens (tertiary/aromatic N) is 2. The molecule has 7 aromatic carbocycles. The predicted molar refractivity (Wildman–Crippen MR) is 597 cm³/mol. The van der Waals surface area contributed by atoms with Gasteiger partial charge < -0.3 is 62.2 Å². The average Bonchev–Trinajstić information content (AvgIpc) is 1.52. The predicted octanol–water partition coefficient (Wildman–Crippen LogP) is 33.7. The van der Waals surface area contributed by atoms with Gasteiger partial charge in [-0.3, -0.25) is 4.79 Å². The third kappa shape index (κ3) is 21.2. The third-order valence-electron chi connectivity index (χ3n) is 32.2. The lowest BCUT2D eigenvalue weighted by Gasteiger charge is -2.38. The van der Waals surface area contributed by atoms with E-state index in [0.29, 0.717) is 24.9 Å². The van der Waals surface area contributed by atoms with Crippen LogP contribution in [-0.4, -0.2) is 81.3 Å². The molecule has 0 fully saturated rings. The van der Waals surface area contributed by atoms with Gasteiger partial charge in [0, 0.05) is 82.3 Å². The summed E-state index contributed by atoms with van der Waals surface area (Å²) in [4.78, 5) is 26.9. The van der Waals surface area contributed by atoms with Gasteiger partial charge >= 0.3 is 5.97 Å². The van der Waals surface area contributed by atoms with Crippen LogP contribution in [0.25, 0.3) is 65.4 Å². The zero-order valence-electron chi connectivity index (χ0n) is 89.3. The van der Waals surface area contributed by atoms with E-state index < -0.39 is 0 Å². The number of nitrogens with one attached hydrogen (secondary N) is 4. The maximum Gasteiger partial charge on any atom is 0.306 e. The number of para-hydroxylation sites is 2. The Hall–Kier alpha value is -7.55. The molecular weight excluding hydrogens is 1930 g/mol. The minimum absolute atomic E-state index is 0.0822. The first kappa shape index (κ1) is 108. The van der Waals surface area contributed by atoms with Crippen LogP contribution in [0, 0.1) is 0 Å². The van der Waals surface area contributed by atoms with Crippen molar-refractivity contribution >= 4 is 119 Å². The first-order valence-corrected chi connectivity index (χ1v) is 57.0. The second kappa shape index (κ2) is 47.7. The van der Waals surface area contributed by atoms with E-state index in [4.69, 9.17) is 33.2 Å². The lowest BCUT2D eigenvalue weighted by molar-refractivity contribution is -0.143. The molecule has 0 aliphatic carbocycles. The highest BCUT2D eigenvalue weighted by Crippen LogP contribution is 2.52. The molecule has 0 saturated heterocycles. The molecule has 13 aromatic rings. The molecule has 0 bridgehead atoms. The summed E-state index contributed by atoms with van der Waals surface area (Å²) in [7, 11) is 2.23. The number of aromatic amines is 4. The monoisotopic (exact) mass is 2090 g/mol. The lowest BCUT2D eigenvalue weighted by atomic mass is 9.85. The summed E-state index contributed by atoms with van der Waals surface area (Å²) in [6.07, 6.45) is 30.9. The molecule has 0 spiro atoms. The highest BCUT2D eigenvalue weighted by atomic mass is 79.9. The highest BCUT2D eigenvalue weighted by Gasteiger charge is 2.46. The molecule has 0 radical (unpaired) electrons. The molecule has 14 nitrogen and oxygen atoms in total. The maximum atomic E-state index is 11.8. The summed E-state index contributed by atoms with van der Waals surface area (Å²) < 4.78 is 51.8. The number of hydrogen-bond donors (Lipinski definition) is 4. The smallest absolute Gasteiger partial charge is 0.306 e. The highest BCUT2D eigenvalue weighted by molar-refractivity contribution is 9.11. The molecule has 4 N–H and O–H groups in total. The van der Waals surface area contributed by atoms with Gasteiger partial charge in [-0.05, 0) is 281 Å². The second-order valence-corrected chi connectivity index (χ2v) is 43.7. The molecule has 12 heterocycles. The minimum Gasteiger partial charge on any atom is -0.466 e. The van der Waals surface area contributed by atoms with Crippen LogP contribution in [-0.2, 0) is 156 Å². The van der Waals surface area contributed by atoms with Crippen LogP contribution >= 0.6 is 47.8 Å². The van der Waals surface area contributed by atoms with Crippen molar-refractivity contribution in [1.82, 2.24) is 29.1 Å². The van der Waals surface area contributed by atoms with Crippen molar-refractivity contribution in [1.29, 1.82) is 0 Å². The molecule has 6 unspecified atom stereocenters. The van der Waals surface area contributed by atoms with E-state index in [1.54, 1.807) is 0 Å². The van der Waals surface area contributed by atoms with Gasteiger partial charge in [0.25, 0.3) is 0 Å². The van der Waals surface area contributed by atoms with Crippen LogP contribution in [0.1, 0.15) is 391 Å². The van der Waals surface area contributed by atoms with Crippen LogP contribution in [0.4, 0.5) is 0 Å². The van der Waals surface area contributed by atoms with Crippen molar-refractivity contribution < 1.29 is 38.0 Å². The number of rotatable bonds is 30. The summed E-state index contributed by atoms with van der Waals surface area (Å²) in [6.45, 7) is 53.1. The molecule has 6 aliphatic heterocycles. The van der Waals surface area contributed by atoms with E-state index in [0.717, 1.165) is 232 Å². The summed E-state index contributed by atoms with van der Waals surface area (Å²) in [6, 6.07) is 42.5. The Labute approximate surface area is 863 Å². The fourth-order valence-corrected chi connectivity index (χ4v) is 27.0. The molecule has 6 aromatic heterocycles. The first-order valence-electron chi connectivity index (χ1n) is 54.6. The largest absolute Gasteiger partial charge is 0.466 e. The summed E-state index contributed by atoms with van der Waals surface area (Å²) in [5.74, 6) is 0.794. The standard InChI is InChI=1S/C25H31NO.C24H35NO3.C19H26BrNO.C19H27NO.2C18H24BrNO/c1-4-16-25(6-3)24-22(15-17-27-25)21-14-10-13-20(5-2)23(21)26(24)18-19-11-8-7-9-12-19;1-6-12-24(7-2)23-18(11-13-28-24)20-15-17(9-10-21(26)27-8-3)14-19(16(4)5)22(20)25-23;1-5-8-19(6-2)18-14(7-9-22-19)16-11-13(20)10-15(12(3)4)17(16)21-18;1-5-12-19(7-3)18-16(11-13-21-19)15-10-8-9-14(6-2)17(15)20(18)4;1-4-10-18(6-3)17-14(9-11-21-18)13-7-8-15(19)12(5-2)16(13)20-17;1-4-8-18(6-3)17-14(7-9-21-18)15-11-13(19)10-12(5-2)16(15)20-17/h7-14H,4-6,15-18H2,1-3H3;14-16,25H,6-13H2,1-5H3;10-12,21H,5-9H2,1-4H3;8-10H,5-7,11-13H2,1-4H3;7-8,20H,4-6,9-11H2,1-3H3;10-11,20H,4-9H2,1-3H3. The van der Waals surface area contributed by atoms with Crippen molar-refractivity contribution in [3.63, 3.8) is 0 Å². The Bertz CT molecular complexity index is 6380. The first-order chi connectivity index (χ1) is 67.7. The number of halogens is 3. The van der Waals surface area contributed by atoms with Crippen LogP contribution < -0.4 is 0 Å². The fraction of sp³-hybridized carbons (Fsp3) is 0.553. The van der Waals surface area contributed by atoms with Crippen LogP contribution in [0.5, 0.6) is 0 Å². The minimum atomic E-state index is -0.194. The molecule has 19 rings (SSSR count). The van der Waals surface area contributed by atoms with E-state index >= 15 is 0 Å². The molecule has 0 amide bonds. The number of aromatic nitrogens is 6. The summed E-state index contributed by atoms with van der Waals surface area (Å²) in [5.41, 5.74) is 35.2. The van der Waals surface area contributed by atoms with E-state index in [2.05, 4.69) is 338 Å². The number of fused-ring (bicyclic) bond motifs is 18. The molecular formula is C123H167Br3N6O8. The number of ether oxygens (including phenoxy) is 7. The molecule has 6 aliphatic rings. The topological polar surface area (TPSA) is 155 Å². The van der Waals surface area contributed by atoms with E-state index in [-0.39, 0.29) is 39.6 Å². The van der Waals surface area contributed by atoms with E-state index in [1.807, 2.05) is 6.92 Å². The van der Waals surface area contributed by atoms with E-state index in [9.17, 15) is 4.79 Å². The van der Waals surface area contributed by atoms with Gasteiger partial charge in [0.15, 0.2) is 0 Å². The Morgan fingerprint density at radius 3 is 1.20 bits per heavy atom. The second-order valence-electron chi connectivity index (χ2n) is 41.0. The number of carbonyl (C=O) groups excluding carboxylic acids is 1. The maximum absolute atomic E-state index is 11.8. The summed E-state index contributed by atoms with van der Waals surface area (Å²) in [5, 5.41) is 8.36. The Balaban J connectivity index is 0.000000134. The van der Waals surface area contributed by atoms with Crippen molar-refractivity contribution in [3.05, 3.63) is 241 Å². The van der Waals surface area contributed by atoms with Crippen LogP contribution in [0.3, 0.4) is 0 Å². The third-order valence-corrected chi connectivity index (χ3v) is 33.9. The molecule has 17 heteroatoms.